The molecule has 0 fully saturated rings. The Kier molecular flexibility index (Phi) is 6.61. The fraction of sp³-hybridized carbons (Fsp3) is 0.375. The Labute approximate surface area is 204 Å². The van der Waals surface area contributed by atoms with Gasteiger partial charge in [0.2, 0.25) is 0 Å². The van der Waals surface area contributed by atoms with Crippen LogP contribution in [-0.4, -0.2) is 25.3 Å². The van der Waals surface area contributed by atoms with Gasteiger partial charge in [0.25, 0.3) is 0 Å². The fourth-order valence-corrected chi connectivity index (χ4v) is 6.16. The van der Waals surface area contributed by atoms with E-state index in [1.165, 1.54) is 6.20 Å². The number of aromatic nitrogens is 2. The van der Waals surface area contributed by atoms with E-state index in [4.69, 9.17) is 10.1 Å². The lowest BCUT2D eigenvalue weighted by Gasteiger charge is -2.21. The molecule has 8 nitrogen and oxygen atoms in total. The first-order valence-corrected chi connectivity index (χ1v) is 13.5. The standard InChI is InChI=1S/C24H29N5O3S2/c1-14(2)19-20(15-9-6-5-7-10-15)27-17-12-8-11-16(17)21(19)28-23(30)29-34(25,32)18-13-26-22(33-18)24(3,4)31/h5-7,9-10,13-14,31H,8,11-12H2,1-4H3,(H3,25,27,28,29,30,32). The van der Waals surface area contributed by atoms with Crippen molar-refractivity contribution in [3.63, 3.8) is 0 Å². The third kappa shape index (κ3) is 4.90. The maximum absolute atomic E-state index is 13.1. The number of carbonyl (C=O) groups excluding carboxylic acids is 1. The molecule has 1 atom stereocenters. The van der Waals surface area contributed by atoms with Crippen molar-refractivity contribution in [1.29, 1.82) is 0 Å². The van der Waals surface area contributed by atoms with Crippen LogP contribution in [-0.2, 0) is 28.4 Å². The molecule has 0 aliphatic heterocycles. The molecule has 0 spiro atoms. The lowest BCUT2D eigenvalue weighted by molar-refractivity contribution is 0.0783. The Hall–Kier alpha value is -2.66. The predicted octanol–water partition coefficient (Wildman–Crippen LogP) is 4.98. The van der Waals surface area contributed by atoms with E-state index < -0.39 is 21.5 Å². The van der Waals surface area contributed by atoms with E-state index in [2.05, 4.69) is 28.5 Å². The van der Waals surface area contributed by atoms with Crippen molar-refractivity contribution in [3.8, 4) is 11.3 Å². The number of thiazole rings is 1. The number of nitrogens with one attached hydrogen (secondary N) is 1. The molecule has 1 aliphatic rings. The van der Waals surface area contributed by atoms with Crippen LogP contribution < -0.4 is 10.5 Å². The first-order chi connectivity index (χ1) is 16.0. The molecule has 2 heterocycles. The average molecular weight is 500 g/mol. The van der Waals surface area contributed by atoms with Crippen LogP contribution in [0.25, 0.3) is 11.3 Å². The summed E-state index contributed by atoms with van der Waals surface area (Å²) in [6.45, 7) is 7.25. The van der Waals surface area contributed by atoms with Crippen LogP contribution in [0.1, 0.15) is 61.9 Å². The van der Waals surface area contributed by atoms with E-state index in [1.807, 2.05) is 30.3 Å². The number of aliphatic hydroxyl groups is 1. The monoisotopic (exact) mass is 499 g/mol. The van der Waals surface area contributed by atoms with Gasteiger partial charge in [0, 0.05) is 16.8 Å². The Morgan fingerprint density at radius 3 is 2.59 bits per heavy atom. The van der Waals surface area contributed by atoms with Gasteiger partial charge in [-0.2, -0.15) is 0 Å². The summed E-state index contributed by atoms with van der Waals surface area (Å²) in [7, 11) is -3.54. The molecule has 1 aromatic carbocycles. The molecule has 3 aromatic rings. The minimum atomic E-state index is -3.54. The minimum absolute atomic E-state index is 0.0713. The quantitative estimate of drug-likeness (QED) is 0.456. The smallest absolute Gasteiger partial charge is 0.354 e. The largest absolute Gasteiger partial charge is 0.383 e. The van der Waals surface area contributed by atoms with Gasteiger partial charge < -0.3 is 10.4 Å². The molecule has 2 aromatic heterocycles. The SMILES string of the molecule is CC(C)c1c(-c2ccccc2)nc2c(c1NC(=O)N=S(N)(=O)c1cnc(C(C)(C)O)s1)CCC2. The van der Waals surface area contributed by atoms with Crippen molar-refractivity contribution in [2.45, 2.75) is 62.7 Å². The maximum Gasteiger partial charge on any atom is 0.354 e. The van der Waals surface area contributed by atoms with Crippen LogP contribution in [0.5, 0.6) is 0 Å². The highest BCUT2D eigenvalue weighted by Gasteiger charge is 2.27. The minimum Gasteiger partial charge on any atom is -0.383 e. The summed E-state index contributed by atoms with van der Waals surface area (Å²) in [5.41, 5.74) is 4.15. The molecule has 4 N–H and O–H groups in total. The number of amides is 2. The lowest BCUT2D eigenvalue weighted by Crippen LogP contribution is -2.19. The van der Waals surface area contributed by atoms with Crippen molar-refractivity contribution in [3.05, 3.63) is 58.4 Å². The van der Waals surface area contributed by atoms with Crippen LogP contribution in [0, 0.1) is 0 Å². The normalized spacial score (nSPS) is 15.1. The van der Waals surface area contributed by atoms with Gasteiger partial charge in [-0.3, -0.25) is 4.98 Å². The number of pyridine rings is 1. The van der Waals surface area contributed by atoms with E-state index in [0.29, 0.717) is 10.7 Å². The van der Waals surface area contributed by atoms with Crippen molar-refractivity contribution in [2.75, 3.05) is 5.32 Å². The number of hydrogen-bond acceptors (Lipinski definition) is 6. The molecule has 4 rings (SSSR count). The molecule has 0 bridgehead atoms. The second-order valence-corrected chi connectivity index (χ2v) is 12.2. The van der Waals surface area contributed by atoms with E-state index in [-0.39, 0.29) is 10.1 Å². The van der Waals surface area contributed by atoms with Crippen LogP contribution in [0.4, 0.5) is 10.5 Å². The molecule has 10 heteroatoms. The zero-order valence-corrected chi connectivity index (χ0v) is 21.3. The fourth-order valence-electron chi connectivity index (χ4n) is 4.09. The topological polar surface area (TPSA) is 131 Å². The Morgan fingerprint density at radius 1 is 1.26 bits per heavy atom. The lowest BCUT2D eigenvalue weighted by atomic mass is 9.92. The summed E-state index contributed by atoms with van der Waals surface area (Å²) in [6.07, 6.45) is 3.89. The van der Waals surface area contributed by atoms with Gasteiger partial charge in [-0.25, -0.2) is 19.1 Å². The van der Waals surface area contributed by atoms with Gasteiger partial charge in [-0.05, 0) is 44.6 Å². The van der Waals surface area contributed by atoms with Gasteiger partial charge in [-0.1, -0.05) is 44.2 Å². The molecule has 2 amide bonds. The second kappa shape index (κ2) is 9.18. The molecular weight excluding hydrogens is 470 g/mol. The van der Waals surface area contributed by atoms with Crippen molar-refractivity contribution >= 4 is 33.0 Å². The molecule has 0 radical (unpaired) electrons. The maximum atomic E-state index is 13.1. The highest BCUT2D eigenvalue weighted by atomic mass is 32.2. The van der Waals surface area contributed by atoms with E-state index in [9.17, 15) is 14.1 Å². The number of anilines is 1. The Bertz CT molecular complexity index is 1350. The summed E-state index contributed by atoms with van der Waals surface area (Å²) in [5, 5.41) is 19.3. The summed E-state index contributed by atoms with van der Waals surface area (Å²) < 4.78 is 17.1. The van der Waals surface area contributed by atoms with Crippen LogP contribution >= 0.6 is 11.3 Å². The molecular formula is C24H29N5O3S2. The molecule has 1 aliphatic carbocycles. The number of fused-ring (bicyclic) bond motifs is 1. The number of aryl methyl sites for hydroxylation is 1. The zero-order chi connectivity index (χ0) is 24.7. The van der Waals surface area contributed by atoms with E-state index >= 15 is 0 Å². The van der Waals surface area contributed by atoms with Gasteiger partial charge in [0.05, 0.1) is 17.6 Å². The summed E-state index contributed by atoms with van der Waals surface area (Å²) in [5.74, 6) is 0.0713. The zero-order valence-electron chi connectivity index (χ0n) is 19.7. The number of urea groups is 1. The highest BCUT2D eigenvalue weighted by molar-refractivity contribution is 7.93. The van der Waals surface area contributed by atoms with Gasteiger partial charge >= 0.3 is 6.03 Å². The Morgan fingerprint density at radius 2 is 1.97 bits per heavy atom. The number of nitrogens with zero attached hydrogens (tertiary/aromatic N) is 3. The number of rotatable bonds is 5. The van der Waals surface area contributed by atoms with E-state index in [1.54, 1.807) is 13.8 Å². The number of hydrogen-bond donors (Lipinski definition) is 3. The summed E-state index contributed by atoms with van der Waals surface area (Å²) in [6, 6.07) is 9.09. The van der Waals surface area contributed by atoms with E-state index in [0.717, 1.165) is 58.7 Å². The third-order valence-electron chi connectivity index (χ3n) is 5.63. The number of carbonyl (C=O) groups is 1. The first-order valence-electron chi connectivity index (χ1n) is 11.1. The van der Waals surface area contributed by atoms with Crippen molar-refractivity contribution in [2.24, 2.45) is 9.50 Å². The summed E-state index contributed by atoms with van der Waals surface area (Å²) >= 11 is 0.978. The van der Waals surface area contributed by atoms with Gasteiger partial charge in [-0.15, -0.1) is 15.7 Å². The molecule has 0 saturated heterocycles. The van der Waals surface area contributed by atoms with Gasteiger partial charge in [0.1, 0.15) is 14.8 Å². The predicted molar refractivity (Wildman–Crippen MR) is 135 cm³/mol. The first kappa shape index (κ1) is 24.5. The third-order valence-corrected chi connectivity index (χ3v) is 8.82. The van der Waals surface area contributed by atoms with Crippen LogP contribution in [0.2, 0.25) is 0 Å². The molecule has 0 saturated carbocycles. The molecule has 1 unspecified atom stereocenters. The molecule has 180 valence electrons. The van der Waals surface area contributed by atoms with Crippen molar-refractivity contribution < 1.29 is 14.1 Å². The van der Waals surface area contributed by atoms with Gasteiger partial charge in [0.15, 0.2) is 9.92 Å². The number of benzene rings is 1. The summed E-state index contributed by atoms with van der Waals surface area (Å²) in [4.78, 5) is 22.1. The number of nitrogens with two attached hydrogens (primary N) is 1. The van der Waals surface area contributed by atoms with Crippen LogP contribution in [0.15, 0.2) is 45.1 Å². The Balaban J connectivity index is 1.76. The van der Waals surface area contributed by atoms with Crippen molar-refractivity contribution in [1.82, 2.24) is 9.97 Å². The molecule has 34 heavy (non-hydrogen) atoms. The highest BCUT2D eigenvalue weighted by Crippen LogP contribution is 2.40. The second-order valence-electron chi connectivity index (χ2n) is 9.18. The van der Waals surface area contributed by atoms with Crippen LogP contribution in [0.3, 0.4) is 0 Å². The average Bonchev–Trinajstić information content (AvgIpc) is 3.43.